The molecule has 0 aromatic rings. The molecule has 0 aliphatic heterocycles. The van der Waals surface area contributed by atoms with E-state index in [-0.39, 0.29) is 0 Å². The van der Waals surface area contributed by atoms with Crippen LogP contribution in [-0.2, 0) is 4.74 Å². The molecule has 1 fully saturated rings. The molecular formula is C17H36N2O. The molecule has 0 aromatic heterocycles. The average Bonchev–Trinajstić information content (AvgIpc) is 2.71. The van der Waals surface area contributed by atoms with E-state index in [0.717, 1.165) is 19.1 Å². The first-order valence-electron chi connectivity index (χ1n) is 8.40. The summed E-state index contributed by atoms with van der Waals surface area (Å²) < 4.78 is 5.31. The molecule has 0 radical (unpaired) electrons. The summed E-state index contributed by atoms with van der Waals surface area (Å²) in [6.07, 6.45) is 5.16. The summed E-state index contributed by atoms with van der Waals surface area (Å²) in [5.74, 6) is 0.771. The average molecular weight is 284 g/mol. The maximum absolute atomic E-state index is 5.31. The maximum atomic E-state index is 5.31. The first-order valence-corrected chi connectivity index (χ1v) is 8.40. The van der Waals surface area contributed by atoms with Crippen LogP contribution in [0.3, 0.4) is 0 Å². The number of rotatable bonds is 9. The second-order valence-electron chi connectivity index (χ2n) is 7.01. The van der Waals surface area contributed by atoms with Crippen LogP contribution in [0.2, 0.25) is 0 Å². The Kier molecular flexibility index (Phi) is 7.49. The minimum atomic E-state index is 0.431. The van der Waals surface area contributed by atoms with Crippen LogP contribution in [0.5, 0.6) is 0 Å². The van der Waals surface area contributed by atoms with E-state index in [9.17, 15) is 0 Å². The predicted molar refractivity (Wildman–Crippen MR) is 87.2 cm³/mol. The molecule has 0 amide bonds. The van der Waals surface area contributed by atoms with Gasteiger partial charge in [0.2, 0.25) is 0 Å². The van der Waals surface area contributed by atoms with Gasteiger partial charge in [0, 0.05) is 32.3 Å². The van der Waals surface area contributed by atoms with Gasteiger partial charge in [-0.1, -0.05) is 27.7 Å². The van der Waals surface area contributed by atoms with Crippen LogP contribution in [0.4, 0.5) is 0 Å². The fourth-order valence-electron chi connectivity index (χ4n) is 4.08. The molecule has 1 aliphatic carbocycles. The van der Waals surface area contributed by atoms with Crippen LogP contribution >= 0.6 is 0 Å². The molecule has 0 bridgehead atoms. The van der Waals surface area contributed by atoms with Crippen LogP contribution < -0.4 is 5.32 Å². The van der Waals surface area contributed by atoms with E-state index in [1.165, 1.54) is 32.2 Å². The monoisotopic (exact) mass is 284 g/mol. The molecule has 1 N–H and O–H groups in total. The second-order valence-corrected chi connectivity index (χ2v) is 7.01. The lowest BCUT2D eigenvalue weighted by atomic mass is 9.84. The third-order valence-corrected chi connectivity index (χ3v) is 5.29. The van der Waals surface area contributed by atoms with E-state index in [1.54, 1.807) is 7.11 Å². The van der Waals surface area contributed by atoms with Crippen molar-refractivity contribution in [2.24, 2.45) is 11.3 Å². The zero-order valence-electron chi connectivity index (χ0n) is 14.5. The molecule has 3 nitrogen and oxygen atoms in total. The van der Waals surface area contributed by atoms with Gasteiger partial charge in [0.15, 0.2) is 0 Å². The zero-order valence-corrected chi connectivity index (χ0v) is 14.5. The molecule has 20 heavy (non-hydrogen) atoms. The van der Waals surface area contributed by atoms with E-state index < -0.39 is 0 Å². The van der Waals surface area contributed by atoms with Crippen molar-refractivity contribution in [1.82, 2.24) is 10.2 Å². The van der Waals surface area contributed by atoms with Crippen LogP contribution in [0.1, 0.15) is 53.4 Å². The fourth-order valence-corrected chi connectivity index (χ4v) is 4.08. The number of nitrogens with one attached hydrogen (secondary N) is 1. The van der Waals surface area contributed by atoms with Crippen LogP contribution in [0.25, 0.3) is 0 Å². The predicted octanol–water partition coefficient (Wildman–Crippen LogP) is 3.15. The van der Waals surface area contributed by atoms with Crippen molar-refractivity contribution in [2.45, 2.75) is 65.5 Å². The quantitative estimate of drug-likeness (QED) is 0.704. The maximum Gasteiger partial charge on any atom is 0.0589 e. The number of hydrogen-bond acceptors (Lipinski definition) is 3. The van der Waals surface area contributed by atoms with E-state index >= 15 is 0 Å². The first kappa shape index (κ1) is 17.9. The smallest absolute Gasteiger partial charge is 0.0589 e. The van der Waals surface area contributed by atoms with Crippen molar-refractivity contribution >= 4 is 0 Å². The highest BCUT2D eigenvalue weighted by molar-refractivity contribution is 4.96. The van der Waals surface area contributed by atoms with Crippen molar-refractivity contribution < 1.29 is 4.74 Å². The summed E-state index contributed by atoms with van der Waals surface area (Å²) in [4.78, 5) is 2.67. The highest BCUT2D eigenvalue weighted by Gasteiger charge is 2.41. The van der Waals surface area contributed by atoms with Crippen LogP contribution in [-0.4, -0.2) is 50.8 Å². The Labute approximate surface area is 126 Å². The lowest BCUT2D eigenvalue weighted by molar-refractivity contribution is 0.0935. The molecule has 0 heterocycles. The van der Waals surface area contributed by atoms with Crippen molar-refractivity contribution in [3.8, 4) is 0 Å². The van der Waals surface area contributed by atoms with Crippen molar-refractivity contribution in [1.29, 1.82) is 0 Å². The van der Waals surface area contributed by atoms with Gasteiger partial charge in [0.25, 0.3) is 0 Å². The Bertz CT molecular complexity index is 264. The van der Waals surface area contributed by atoms with Crippen LogP contribution in [0.15, 0.2) is 0 Å². The summed E-state index contributed by atoms with van der Waals surface area (Å²) >= 11 is 0. The first-order chi connectivity index (χ1) is 9.50. The van der Waals surface area contributed by atoms with Gasteiger partial charge in [-0.15, -0.1) is 0 Å². The molecule has 0 aromatic carbocycles. The van der Waals surface area contributed by atoms with Gasteiger partial charge < -0.3 is 10.1 Å². The highest BCUT2D eigenvalue weighted by atomic mass is 16.5. The summed E-state index contributed by atoms with van der Waals surface area (Å²) in [6.45, 7) is 12.6. The fraction of sp³-hybridized carbons (Fsp3) is 1.00. The Morgan fingerprint density at radius 2 is 1.95 bits per heavy atom. The van der Waals surface area contributed by atoms with Gasteiger partial charge in [-0.2, -0.15) is 0 Å². The molecule has 0 spiro atoms. The number of nitrogens with zero attached hydrogens (tertiary/aromatic N) is 1. The third kappa shape index (κ3) is 4.44. The minimum absolute atomic E-state index is 0.431. The van der Waals surface area contributed by atoms with Crippen molar-refractivity contribution in [3.63, 3.8) is 0 Å². The standard InChI is InChI=1S/C17H36N2O/c1-7-15(8-2)19(11-12-20-6)13-14-9-10-17(3,4)16(14)18-5/h14-16,18H,7-13H2,1-6H3. The summed E-state index contributed by atoms with van der Waals surface area (Å²) in [5, 5.41) is 3.58. The number of hydrogen-bond donors (Lipinski definition) is 1. The van der Waals surface area contributed by atoms with E-state index in [0.29, 0.717) is 17.5 Å². The molecule has 120 valence electrons. The Morgan fingerprint density at radius 1 is 1.30 bits per heavy atom. The van der Waals surface area contributed by atoms with Gasteiger partial charge >= 0.3 is 0 Å². The summed E-state index contributed by atoms with van der Waals surface area (Å²) in [6, 6.07) is 1.34. The van der Waals surface area contributed by atoms with Gasteiger partial charge in [-0.05, 0) is 44.1 Å². The summed E-state index contributed by atoms with van der Waals surface area (Å²) in [5.41, 5.74) is 0.431. The molecule has 1 aliphatic rings. The topological polar surface area (TPSA) is 24.5 Å². The molecule has 1 saturated carbocycles. The Hall–Kier alpha value is -0.120. The SMILES string of the molecule is CCC(CC)N(CCOC)CC1CCC(C)(C)C1NC. The number of methoxy groups -OCH3 is 1. The summed E-state index contributed by atoms with van der Waals surface area (Å²) in [7, 11) is 3.93. The normalized spacial score (nSPS) is 25.8. The Morgan fingerprint density at radius 3 is 2.45 bits per heavy atom. The molecular weight excluding hydrogens is 248 g/mol. The van der Waals surface area contributed by atoms with Crippen LogP contribution in [0, 0.1) is 11.3 Å². The largest absolute Gasteiger partial charge is 0.383 e. The van der Waals surface area contributed by atoms with E-state index in [4.69, 9.17) is 4.74 Å². The van der Waals surface area contributed by atoms with Gasteiger partial charge in [0.1, 0.15) is 0 Å². The van der Waals surface area contributed by atoms with Gasteiger partial charge in [-0.25, -0.2) is 0 Å². The molecule has 2 unspecified atom stereocenters. The zero-order chi connectivity index (χ0) is 15.2. The highest BCUT2D eigenvalue weighted by Crippen LogP contribution is 2.41. The number of ether oxygens (including phenoxy) is 1. The third-order valence-electron chi connectivity index (χ3n) is 5.29. The molecule has 0 saturated heterocycles. The molecule has 1 rings (SSSR count). The lowest BCUT2D eigenvalue weighted by Crippen LogP contribution is -2.47. The van der Waals surface area contributed by atoms with Crippen molar-refractivity contribution in [3.05, 3.63) is 0 Å². The van der Waals surface area contributed by atoms with Gasteiger partial charge in [0.05, 0.1) is 6.61 Å². The Balaban J connectivity index is 2.68. The molecule has 2 atom stereocenters. The lowest BCUT2D eigenvalue weighted by Gasteiger charge is -2.36. The van der Waals surface area contributed by atoms with Gasteiger partial charge in [-0.3, -0.25) is 4.90 Å². The van der Waals surface area contributed by atoms with E-state index in [2.05, 4.69) is 45.0 Å². The molecule has 3 heteroatoms. The minimum Gasteiger partial charge on any atom is -0.383 e. The second kappa shape index (κ2) is 8.35. The van der Waals surface area contributed by atoms with Crippen molar-refractivity contribution in [2.75, 3.05) is 33.9 Å². The van der Waals surface area contributed by atoms with E-state index in [1.807, 2.05) is 0 Å².